The number of aromatic nitrogens is 1. The molecule has 0 aliphatic rings. The molecule has 1 atom stereocenters. The molecule has 1 heterocycles. The van der Waals surface area contributed by atoms with Gasteiger partial charge in [-0.3, -0.25) is 0 Å². The highest BCUT2D eigenvalue weighted by molar-refractivity contribution is 5.89. The summed E-state index contributed by atoms with van der Waals surface area (Å²) in [6.07, 6.45) is 2.02. The van der Waals surface area contributed by atoms with Crippen molar-refractivity contribution < 1.29 is 19.4 Å². The minimum Gasteiger partial charge on any atom is -0.465 e. The van der Waals surface area contributed by atoms with E-state index in [9.17, 15) is 9.90 Å². The van der Waals surface area contributed by atoms with Crippen molar-refractivity contribution in [1.29, 1.82) is 0 Å². The molecule has 106 valence electrons. The first-order chi connectivity index (χ1) is 8.98. The standard InChI is InChI=1S/C13H20N2O4/c1-13(17,5-7-18-2)9-15-11-8-10(4-6-14-11)12(16)19-3/h4,6,8,17H,5,7,9H2,1-3H3,(H,14,15). The normalized spacial score (nSPS) is 13.7. The maximum Gasteiger partial charge on any atom is 0.338 e. The second-order valence-corrected chi connectivity index (χ2v) is 4.51. The van der Waals surface area contributed by atoms with E-state index in [2.05, 4.69) is 15.0 Å². The van der Waals surface area contributed by atoms with E-state index in [4.69, 9.17) is 4.74 Å². The van der Waals surface area contributed by atoms with Gasteiger partial charge in [0.2, 0.25) is 0 Å². The van der Waals surface area contributed by atoms with Gasteiger partial charge in [0.25, 0.3) is 0 Å². The molecule has 0 aromatic carbocycles. The molecular weight excluding hydrogens is 248 g/mol. The highest BCUT2D eigenvalue weighted by Gasteiger charge is 2.20. The van der Waals surface area contributed by atoms with Gasteiger partial charge in [0.15, 0.2) is 0 Å². The van der Waals surface area contributed by atoms with Crippen molar-refractivity contribution >= 4 is 11.8 Å². The predicted octanol–water partition coefficient (Wildman–Crippen LogP) is 1.07. The minimum atomic E-state index is -0.904. The van der Waals surface area contributed by atoms with E-state index in [1.54, 1.807) is 26.2 Å². The Kier molecular flexibility index (Phi) is 5.72. The van der Waals surface area contributed by atoms with Crippen LogP contribution in [0.25, 0.3) is 0 Å². The van der Waals surface area contributed by atoms with E-state index in [1.165, 1.54) is 13.3 Å². The van der Waals surface area contributed by atoms with Gasteiger partial charge < -0.3 is 19.9 Å². The van der Waals surface area contributed by atoms with Crippen molar-refractivity contribution in [3.05, 3.63) is 23.9 Å². The van der Waals surface area contributed by atoms with Crippen molar-refractivity contribution in [1.82, 2.24) is 4.98 Å². The van der Waals surface area contributed by atoms with Crippen LogP contribution in [0.1, 0.15) is 23.7 Å². The maximum atomic E-state index is 11.4. The molecule has 0 amide bonds. The quantitative estimate of drug-likeness (QED) is 0.720. The minimum absolute atomic E-state index is 0.313. The lowest BCUT2D eigenvalue weighted by molar-refractivity contribution is 0.0357. The van der Waals surface area contributed by atoms with Crippen molar-refractivity contribution in [2.45, 2.75) is 18.9 Å². The fraction of sp³-hybridized carbons (Fsp3) is 0.538. The average molecular weight is 268 g/mol. The number of aliphatic hydroxyl groups is 1. The summed E-state index contributed by atoms with van der Waals surface area (Å²) in [5.41, 5.74) is -0.490. The number of hydrogen-bond acceptors (Lipinski definition) is 6. The molecule has 1 rings (SSSR count). The number of carbonyl (C=O) groups excluding carboxylic acids is 1. The van der Waals surface area contributed by atoms with Gasteiger partial charge in [0, 0.05) is 32.9 Å². The van der Waals surface area contributed by atoms with Crippen molar-refractivity contribution in [3.8, 4) is 0 Å². The molecule has 2 N–H and O–H groups in total. The van der Waals surface area contributed by atoms with E-state index in [-0.39, 0.29) is 0 Å². The van der Waals surface area contributed by atoms with Crippen molar-refractivity contribution in [2.75, 3.05) is 32.7 Å². The van der Waals surface area contributed by atoms with Crippen molar-refractivity contribution in [3.63, 3.8) is 0 Å². The lowest BCUT2D eigenvalue weighted by atomic mass is 10.0. The molecule has 0 saturated carbocycles. The molecule has 1 aromatic rings. The second kappa shape index (κ2) is 7.06. The number of pyridine rings is 1. The summed E-state index contributed by atoms with van der Waals surface area (Å²) in [7, 11) is 2.91. The van der Waals surface area contributed by atoms with E-state index in [0.717, 1.165) is 0 Å². The zero-order valence-corrected chi connectivity index (χ0v) is 11.5. The summed E-state index contributed by atoms with van der Waals surface area (Å²) < 4.78 is 9.56. The van der Waals surface area contributed by atoms with E-state index in [1.807, 2.05) is 0 Å². The first-order valence-corrected chi connectivity index (χ1v) is 5.98. The number of hydrogen-bond donors (Lipinski definition) is 2. The smallest absolute Gasteiger partial charge is 0.338 e. The number of esters is 1. The highest BCUT2D eigenvalue weighted by atomic mass is 16.5. The van der Waals surface area contributed by atoms with E-state index < -0.39 is 11.6 Å². The molecule has 6 heteroatoms. The van der Waals surface area contributed by atoms with Gasteiger partial charge in [-0.05, 0) is 19.1 Å². The van der Waals surface area contributed by atoms with Crippen molar-refractivity contribution in [2.24, 2.45) is 0 Å². The molecule has 19 heavy (non-hydrogen) atoms. The zero-order chi connectivity index (χ0) is 14.3. The zero-order valence-electron chi connectivity index (χ0n) is 11.5. The number of methoxy groups -OCH3 is 2. The van der Waals surface area contributed by atoms with Gasteiger partial charge in [-0.2, -0.15) is 0 Å². The number of rotatable bonds is 7. The molecule has 0 spiro atoms. The number of carbonyl (C=O) groups is 1. The highest BCUT2D eigenvalue weighted by Crippen LogP contribution is 2.13. The lowest BCUT2D eigenvalue weighted by Gasteiger charge is -2.23. The van der Waals surface area contributed by atoms with Gasteiger partial charge in [-0.1, -0.05) is 0 Å². The van der Waals surface area contributed by atoms with E-state index >= 15 is 0 Å². The van der Waals surface area contributed by atoms with E-state index in [0.29, 0.717) is 31.0 Å². The molecule has 0 aliphatic carbocycles. The van der Waals surface area contributed by atoms with Gasteiger partial charge in [-0.25, -0.2) is 9.78 Å². The summed E-state index contributed by atoms with van der Waals surface area (Å²) in [4.78, 5) is 15.4. The maximum absolute atomic E-state index is 11.4. The molecule has 1 aromatic heterocycles. The largest absolute Gasteiger partial charge is 0.465 e. The van der Waals surface area contributed by atoms with Crippen LogP contribution in [-0.2, 0) is 9.47 Å². The van der Waals surface area contributed by atoms with Gasteiger partial charge >= 0.3 is 5.97 Å². The SMILES string of the molecule is COCCC(C)(O)CNc1cc(C(=O)OC)ccn1. The van der Waals surface area contributed by atoms with Gasteiger partial charge in [0.05, 0.1) is 18.3 Å². The third-order valence-corrected chi connectivity index (χ3v) is 2.68. The molecule has 1 unspecified atom stereocenters. The number of ether oxygens (including phenoxy) is 2. The first-order valence-electron chi connectivity index (χ1n) is 5.98. The molecular formula is C13H20N2O4. The topological polar surface area (TPSA) is 80.7 Å². The number of nitrogens with zero attached hydrogens (tertiary/aromatic N) is 1. The Morgan fingerprint density at radius 3 is 2.89 bits per heavy atom. The summed E-state index contributed by atoms with van der Waals surface area (Å²) in [5, 5.41) is 13.1. The summed E-state index contributed by atoms with van der Waals surface area (Å²) >= 11 is 0. The van der Waals surface area contributed by atoms with Gasteiger partial charge in [0.1, 0.15) is 5.82 Å². The summed E-state index contributed by atoms with van der Waals surface area (Å²) in [6.45, 7) is 2.50. The van der Waals surface area contributed by atoms with Crippen LogP contribution in [0.5, 0.6) is 0 Å². The summed E-state index contributed by atoms with van der Waals surface area (Å²) in [6, 6.07) is 3.15. The second-order valence-electron chi connectivity index (χ2n) is 4.51. The van der Waals surface area contributed by atoms with Crippen LogP contribution in [0.15, 0.2) is 18.3 Å². The number of anilines is 1. The Labute approximate surface area is 112 Å². The van der Waals surface area contributed by atoms with Crippen LogP contribution >= 0.6 is 0 Å². The van der Waals surface area contributed by atoms with Crippen LogP contribution in [0.3, 0.4) is 0 Å². The van der Waals surface area contributed by atoms with Crippen LogP contribution in [0, 0.1) is 0 Å². The Morgan fingerprint density at radius 2 is 2.26 bits per heavy atom. The van der Waals surface area contributed by atoms with Crippen LogP contribution in [0.4, 0.5) is 5.82 Å². The third kappa shape index (κ3) is 5.23. The monoisotopic (exact) mass is 268 g/mol. The van der Waals surface area contributed by atoms with Crippen LogP contribution < -0.4 is 5.32 Å². The molecule has 0 fully saturated rings. The first kappa shape index (κ1) is 15.4. The predicted molar refractivity (Wildman–Crippen MR) is 71.2 cm³/mol. The molecule has 0 aliphatic heterocycles. The Hall–Kier alpha value is -1.66. The number of nitrogens with one attached hydrogen (secondary N) is 1. The molecule has 0 bridgehead atoms. The fourth-order valence-electron chi connectivity index (χ4n) is 1.46. The Bertz CT molecular complexity index is 421. The fourth-order valence-corrected chi connectivity index (χ4v) is 1.46. The Balaban J connectivity index is 2.60. The van der Waals surface area contributed by atoms with Gasteiger partial charge in [-0.15, -0.1) is 0 Å². The molecule has 0 radical (unpaired) electrons. The summed E-state index contributed by atoms with van der Waals surface area (Å²) in [5.74, 6) is 0.0946. The average Bonchev–Trinajstić information content (AvgIpc) is 2.42. The molecule has 0 saturated heterocycles. The third-order valence-electron chi connectivity index (χ3n) is 2.68. The van der Waals surface area contributed by atoms with Crippen LogP contribution in [0.2, 0.25) is 0 Å². The lowest BCUT2D eigenvalue weighted by Crippen LogP contribution is -2.34. The Morgan fingerprint density at radius 1 is 1.53 bits per heavy atom. The molecule has 6 nitrogen and oxygen atoms in total. The van der Waals surface area contributed by atoms with Crippen LogP contribution in [-0.4, -0.2) is 49.0 Å².